The van der Waals surface area contributed by atoms with Crippen molar-refractivity contribution in [3.63, 3.8) is 0 Å². The number of carbonyl (C=O) groups is 1. The summed E-state index contributed by atoms with van der Waals surface area (Å²) in [6.07, 6.45) is 0. The van der Waals surface area contributed by atoms with Gasteiger partial charge in [0, 0.05) is 0 Å². The van der Waals surface area contributed by atoms with Gasteiger partial charge in [-0.3, -0.25) is 15.6 Å². The van der Waals surface area contributed by atoms with Crippen LogP contribution in [0.25, 0.3) is 10.2 Å². The largest absolute Gasteiger partial charge is 0.273 e. The van der Waals surface area contributed by atoms with Gasteiger partial charge in [0.2, 0.25) is 5.13 Å². The summed E-state index contributed by atoms with van der Waals surface area (Å²) in [5, 5.41) is 0.459. The summed E-state index contributed by atoms with van der Waals surface area (Å²) in [5.41, 5.74) is 7.99. The fraction of sp³-hybridized carbons (Fsp3) is 0.176. The summed E-state index contributed by atoms with van der Waals surface area (Å²) in [6.45, 7) is 3.96. The average Bonchev–Trinajstić information content (AvgIpc) is 3.00. The minimum absolute atomic E-state index is 0.111. The second-order valence-electron chi connectivity index (χ2n) is 5.76. The summed E-state index contributed by atoms with van der Waals surface area (Å²) in [6, 6.07) is 8.27. The van der Waals surface area contributed by atoms with Crippen molar-refractivity contribution in [2.75, 3.05) is 11.2 Å². The van der Waals surface area contributed by atoms with Gasteiger partial charge in [0.05, 0.1) is 15.1 Å². The quantitative estimate of drug-likeness (QED) is 0.514. The molecule has 0 unspecified atom stereocenters. The van der Waals surface area contributed by atoms with Gasteiger partial charge < -0.3 is 0 Å². The SMILES string of the molecule is Cc1ccc2sc(NNC(=O)CS(=O)(=O)c3ccc(F)cc3)nc2c1C. The van der Waals surface area contributed by atoms with Crippen molar-refractivity contribution in [2.24, 2.45) is 0 Å². The number of thiazole rings is 1. The molecule has 0 radical (unpaired) electrons. The van der Waals surface area contributed by atoms with E-state index in [0.29, 0.717) is 5.13 Å². The lowest BCUT2D eigenvalue weighted by molar-refractivity contribution is -0.118. The van der Waals surface area contributed by atoms with E-state index in [9.17, 15) is 17.6 Å². The molecule has 3 rings (SSSR count). The number of rotatable bonds is 5. The van der Waals surface area contributed by atoms with E-state index in [1.807, 2.05) is 26.0 Å². The highest BCUT2D eigenvalue weighted by Crippen LogP contribution is 2.29. The third kappa shape index (κ3) is 3.83. The van der Waals surface area contributed by atoms with Gasteiger partial charge >= 0.3 is 0 Å². The number of fused-ring (bicyclic) bond motifs is 1. The highest BCUT2D eigenvalue weighted by atomic mass is 32.2. The number of hydrogen-bond acceptors (Lipinski definition) is 6. The normalized spacial score (nSPS) is 11.5. The molecule has 0 saturated carbocycles. The second kappa shape index (κ2) is 7.00. The van der Waals surface area contributed by atoms with Gasteiger partial charge in [-0.1, -0.05) is 17.4 Å². The Labute approximate surface area is 154 Å². The zero-order valence-corrected chi connectivity index (χ0v) is 15.7. The minimum atomic E-state index is -3.85. The number of halogens is 1. The number of aryl methyl sites for hydroxylation is 2. The van der Waals surface area contributed by atoms with Crippen LogP contribution in [0, 0.1) is 19.7 Å². The molecule has 2 aromatic carbocycles. The molecule has 1 amide bonds. The molecule has 1 heterocycles. The van der Waals surface area contributed by atoms with Crippen molar-refractivity contribution in [2.45, 2.75) is 18.7 Å². The van der Waals surface area contributed by atoms with E-state index in [1.165, 1.54) is 11.3 Å². The van der Waals surface area contributed by atoms with E-state index in [2.05, 4.69) is 15.8 Å². The number of hydrogen-bond donors (Lipinski definition) is 2. The summed E-state index contributed by atoms with van der Waals surface area (Å²) in [7, 11) is -3.85. The first-order valence-corrected chi connectivity index (χ1v) is 10.1. The van der Waals surface area contributed by atoms with Gasteiger partial charge in [-0.05, 0) is 55.3 Å². The molecule has 136 valence electrons. The van der Waals surface area contributed by atoms with Crippen LogP contribution >= 0.6 is 11.3 Å². The van der Waals surface area contributed by atoms with Crippen molar-refractivity contribution < 1.29 is 17.6 Å². The van der Waals surface area contributed by atoms with Crippen LogP contribution in [0.4, 0.5) is 9.52 Å². The third-order valence-corrected chi connectivity index (χ3v) is 6.46. The maximum absolute atomic E-state index is 12.9. The molecular weight excluding hydrogens is 377 g/mol. The molecule has 0 fully saturated rings. The van der Waals surface area contributed by atoms with Crippen LogP contribution < -0.4 is 10.9 Å². The maximum atomic E-state index is 12.9. The van der Waals surface area contributed by atoms with E-state index in [4.69, 9.17) is 0 Å². The second-order valence-corrected chi connectivity index (χ2v) is 8.78. The van der Waals surface area contributed by atoms with Crippen LogP contribution in [0.2, 0.25) is 0 Å². The number of sulfone groups is 1. The Balaban J connectivity index is 1.67. The van der Waals surface area contributed by atoms with Gasteiger partial charge in [0.1, 0.15) is 11.6 Å². The standard InChI is InChI=1S/C17H16FN3O3S2/c1-10-3-8-14-16(11(10)2)19-17(25-14)21-20-15(22)9-26(23,24)13-6-4-12(18)5-7-13/h3-8H,9H2,1-2H3,(H,19,21)(H,20,22). The first-order valence-electron chi connectivity index (χ1n) is 7.66. The summed E-state index contributed by atoms with van der Waals surface area (Å²) in [5.74, 6) is -2.03. The predicted molar refractivity (Wildman–Crippen MR) is 99.3 cm³/mol. The van der Waals surface area contributed by atoms with Crippen LogP contribution in [-0.2, 0) is 14.6 Å². The van der Waals surface area contributed by atoms with Crippen LogP contribution in [0.5, 0.6) is 0 Å². The van der Waals surface area contributed by atoms with E-state index >= 15 is 0 Å². The molecule has 0 bridgehead atoms. The number of nitrogens with one attached hydrogen (secondary N) is 2. The Morgan fingerprint density at radius 2 is 1.85 bits per heavy atom. The summed E-state index contributed by atoms with van der Waals surface area (Å²) >= 11 is 1.35. The predicted octanol–water partition coefficient (Wildman–Crippen LogP) is 2.97. The van der Waals surface area contributed by atoms with Crippen molar-refractivity contribution in [3.05, 3.63) is 53.3 Å². The van der Waals surface area contributed by atoms with E-state index in [1.54, 1.807) is 0 Å². The molecule has 0 aliphatic heterocycles. The molecule has 0 aliphatic rings. The molecule has 0 aliphatic carbocycles. The van der Waals surface area contributed by atoms with Gasteiger partial charge in [-0.2, -0.15) is 0 Å². The van der Waals surface area contributed by atoms with Crippen LogP contribution in [0.1, 0.15) is 11.1 Å². The molecule has 6 nitrogen and oxygen atoms in total. The molecule has 26 heavy (non-hydrogen) atoms. The Morgan fingerprint density at radius 3 is 2.54 bits per heavy atom. The Morgan fingerprint density at radius 1 is 1.15 bits per heavy atom. The van der Waals surface area contributed by atoms with Gasteiger partial charge in [0.15, 0.2) is 9.84 Å². The number of anilines is 1. The molecule has 0 spiro atoms. The highest BCUT2D eigenvalue weighted by molar-refractivity contribution is 7.92. The van der Waals surface area contributed by atoms with Crippen molar-refractivity contribution in [1.82, 2.24) is 10.4 Å². The molecule has 1 aromatic heterocycles. The average molecular weight is 393 g/mol. The van der Waals surface area contributed by atoms with E-state index < -0.39 is 27.3 Å². The number of amides is 1. The lowest BCUT2D eigenvalue weighted by atomic mass is 10.1. The lowest BCUT2D eigenvalue weighted by Crippen LogP contribution is -2.34. The zero-order valence-electron chi connectivity index (χ0n) is 14.0. The Kier molecular flexibility index (Phi) is 4.92. The maximum Gasteiger partial charge on any atom is 0.253 e. The minimum Gasteiger partial charge on any atom is -0.273 e. The number of hydrazine groups is 1. The first kappa shape index (κ1) is 18.3. The Bertz CT molecular complexity index is 1080. The van der Waals surface area contributed by atoms with Gasteiger partial charge in [0.25, 0.3) is 5.91 Å². The first-order chi connectivity index (χ1) is 12.3. The topological polar surface area (TPSA) is 88.2 Å². The third-order valence-electron chi connectivity index (χ3n) is 3.89. The van der Waals surface area contributed by atoms with Crippen LogP contribution in [0.15, 0.2) is 41.3 Å². The van der Waals surface area contributed by atoms with E-state index in [-0.39, 0.29) is 4.90 Å². The van der Waals surface area contributed by atoms with Crippen molar-refractivity contribution >= 4 is 42.4 Å². The van der Waals surface area contributed by atoms with Crippen molar-refractivity contribution in [3.8, 4) is 0 Å². The molecule has 0 saturated heterocycles. The fourth-order valence-corrected chi connectivity index (χ4v) is 4.35. The Hall–Kier alpha value is -2.52. The monoisotopic (exact) mass is 393 g/mol. The number of nitrogens with zero attached hydrogens (tertiary/aromatic N) is 1. The summed E-state index contributed by atoms with van der Waals surface area (Å²) < 4.78 is 38.2. The number of aromatic nitrogens is 1. The molecule has 9 heteroatoms. The number of carbonyl (C=O) groups excluding carboxylic acids is 1. The van der Waals surface area contributed by atoms with Crippen LogP contribution in [0.3, 0.4) is 0 Å². The molecule has 2 N–H and O–H groups in total. The van der Waals surface area contributed by atoms with Crippen LogP contribution in [-0.4, -0.2) is 25.1 Å². The highest BCUT2D eigenvalue weighted by Gasteiger charge is 2.19. The smallest absolute Gasteiger partial charge is 0.253 e. The molecule has 0 atom stereocenters. The molecule has 3 aromatic rings. The zero-order chi connectivity index (χ0) is 18.9. The molecular formula is C17H16FN3O3S2. The van der Waals surface area contributed by atoms with Gasteiger partial charge in [-0.25, -0.2) is 17.8 Å². The number of benzene rings is 2. The summed E-state index contributed by atoms with van der Waals surface area (Å²) in [4.78, 5) is 16.3. The van der Waals surface area contributed by atoms with Gasteiger partial charge in [-0.15, -0.1) is 0 Å². The lowest BCUT2D eigenvalue weighted by Gasteiger charge is -2.06. The van der Waals surface area contributed by atoms with Crippen molar-refractivity contribution in [1.29, 1.82) is 0 Å². The fourth-order valence-electron chi connectivity index (χ4n) is 2.34. The van der Waals surface area contributed by atoms with E-state index in [0.717, 1.165) is 45.6 Å².